The molecule has 2 atom stereocenters. The fourth-order valence-electron chi connectivity index (χ4n) is 3.68. The number of halogens is 3. The van der Waals surface area contributed by atoms with Gasteiger partial charge in [-0.05, 0) is 31.2 Å². The van der Waals surface area contributed by atoms with E-state index in [1.807, 2.05) is 0 Å². The molecule has 0 bridgehead atoms. The largest absolute Gasteiger partial charge is 0.433 e. The number of anilines is 1. The molecule has 7 heteroatoms. The number of alkyl halides is 3. The minimum Gasteiger partial charge on any atom is -0.391 e. The predicted octanol–water partition coefficient (Wildman–Crippen LogP) is 3.02. The van der Waals surface area contributed by atoms with Gasteiger partial charge in [-0.15, -0.1) is 0 Å². The lowest BCUT2D eigenvalue weighted by Crippen LogP contribution is -2.38. The molecule has 0 radical (unpaired) electrons. The summed E-state index contributed by atoms with van der Waals surface area (Å²) in [6.45, 7) is 0.308. The molecule has 22 heavy (non-hydrogen) atoms. The maximum absolute atomic E-state index is 12.8. The van der Waals surface area contributed by atoms with E-state index in [4.69, 9.17) is 0 Å². The molecule has 0 amide bonds. The molecule has 1 aromatic rings. The molecule has 3 rings (SSSR count). The number of aliphatic hydroxyl groups excluding tert-OH is 1. The molecule has 2 aliphatic rings. The highest BCUT2D eigenvalue weighted by Gasteiger charge is 2.39. The maximum Gasteiger partial charge on any atom is 0.433 e. The third kappa shape index (κ3) is 3.19. The van der Waals surface area contributed by atoms with Crippen molar-refractivity contribution in [2.45, 2.75) is 56.8 Å². The van der Waals surface area contributed by atoms with Crippen LogP contribution in [0, 0.1) is 5.92 Å². The van der Waals surface area contributed by atoms with Gasteiger partial charge in [0, 0.05) is 18.8 Å². The molecule has 1 saturated carbocycles. The van der Waals surface area contributed by atoms with E-state index in [1.165, 1.54) is 6.42 Å². The van der Waals surface area contributed by atoms with E-state index in [9.17, 15) is 18.3 Å². The summed E-state index contributed by atoms with van der Waals surface area (Å²) in [6.07, 6.45) is 2.37. The first-order valence-electron chi connectivity index (χ1n) is 7.80. The number of rotatable bonds is 2. The summed E-state index contributed by atoms with van der Waals surface area (Å²) in [6, 6.07) is 0.921. The number of hydrogen-bond acceptors (Lipinski definition) is 4. The molecular weight excluding hydrogens is 295 g/mol. The second-order valence-corrected chi connectivity index (χ2v) is 6.25. The highest BCUT2D eigenvalue weighted by molar-refractivity contribution is 5.36. The van der Waals surface area contributed by atoms with Crippen molar-refractivity contribution in [1.29, 1.82) is 0 Å². The summed E-state index contributed by atoms with van der Waals surface area (Å²) in [5.74, 6) is 0.492. The predicted molar refractivity (Wildman–Crippen MR) is 75.4 cm³/mol. The molecule has 1 N–H and O–H groups in total. The molecule has 1 saturated heterocycles. The van der Waals surface area contributed by atoms with Crippen LogP contribution in [0.15, 0.2) is 12.3 Å². The van der Waals surface area contributed by atoms with Crippen LogP contribution >= 0.6 is 0 Å². The molecule has 122 valence electrons. The number of hydrogen-bond donors (Lipinski definition) is 1. The van der Waals surface area contributed by atoms with Crippen LogP contribution in [0.3, 0.4) is 0 Å². The Morgan fingerprint density at radius 1 is 1.18 bits per heavy atom. The minimum atomic E-state index is -4.48. The maximum atomic E-state index is 12.8. The van der Waals surface area contributed by atoms with Crippen LogP contribution in [0.25, 0.3) is 0 Å². The van der Waals surface area contributed by atoms with Gasteiger partial charge in [0.25, 0.3) is 0 Å². The monoisotopic (exact) mass is 315 g/mol. The number of β-amino-alcohol motifs (C(OH)–C–C–N with tert-alkyl or cyclic N) is 1. The zero-order valence-electron chi connectivity index (χ0n) is 12.3. The minimum absolute atomic E-state index is 0.0405. The van der Waals surface area contributed by atoms with E-state index in [1.54, 1.807) is 4.90 Å². The topological polar surface area (TPSA) is 49.2 Å². The first-order chi connectivity index (χ1) is 10.4. The van der Waals surface area contributed by atoms with Crippen molar-refractivity contribution in [1.82, 2.24) is 9.97 Å². The Bertz CT molecular complexity index is 517. The third-order valence-corrected chi connectivity index (χ3v) is 4.71. The lowest BCUT2D eigenvalue weighted by molar-refractivity contribution is -0.141. The van der Waals surface area contributed by atoms with Crippen molar-refractivity contribution in [2.75, 3.05) is 11.4 Å². The van der Waals surface area contributed by atoms with E-state index in [-0.39, 0.29) is 12.0 Å². The Morgan fingerprint density at radius 2 is 1.91 bits per heavy atom. The second-order valence-electron chi connectivity index (χ2n) is 6.25. The molecule has 0 aromatic carbocycles. The van der Waals surface area contributed by atoms with Crippen molar-refractivity contribution >= 4 is 5.95 Å². The molecular formula is C15H20F3N3O. The Kier molecular flexibility index (Phi) is 4.25. The van der Waals surface area contributed by atoms with Crippen molar-refractivity contribution in [3.05, 3.63) is 18.0 Å². The van der Waals surface area contributed by atoms with Crippen LogP contribution in [-0.4, -0.2) is 33.8 Å². The van der Waals surface area contributed by atoms with Crippen molar-refractivity contribution in [3.8, 4) is 0 Å². The van der Waals surface area contributed by atoms with E-state index in [0.717, 1.165) is 37.9 Å². The fraction of sp³-hybridized carbons (Fsp3) is 0.733. The standard InChI is InChI=1S/C15H20F3N3O/c16-15(17,18)13-6-7-19-14(20-13)21-9-11(22)8-12(21)10-4-2-1-3-5-10/h6-7,10-12,22H,1-5,8-9H2/t11-,12+/m0/s1. The molecule has 1 aliphatic carbocycles. The average molecular weight is 315 g/mol. The van der Waals surface area contributed by atoms with E-state index in [2.05, 4.69) is 9.97 Å². The van der Waals surface area contributed by atoms with Gasteiger partial charge in [-0.2, -0.15) is 13.2 Å². The summed E-state index contributed by atoms with van der Waals surface area (Å²) in [5.41, 5.74) is -0.929. The van der Waals surface area contributed by atoms with E-state index in [0.29, 0.717) is 18.9 Å². The molecule has 1 aromatic heterocycles. The summed E-state index contributed by atoms with van der Waals surface area (Å²) < 4.78 is 38.5. The molecule has 2 fully saturated rings. The molecule has 0 unspecified atom stereocenters. The van der Waals surface area contributed by atoms with Gasteiger partial charge in [-0.1, -0.05) is 19.3 Å². The van der Waals surface area contributed by atoms with Crippen LogP contribution in [0.4, 0.5) is 19.1 Å². The summed E-state index contributed by atoms with van der Waals surface area (Å²) in [4.78, 5) is 9.48. The zero-order valence-corrected chi connectivity index (χ0v) is 12.3. The Hall–Kier alpha value is -1.37. The number of nitrogens with zero attached hydrogens (tertiary/aromatic N) is 3. The highest BCUT2D eigenvalue weighted by atomic mass is 19.4. The SMILES string of the molecule is O[C@H]1C[C@H](C2CCCCC2)N(c2nccc(C(F)(F)F)n2)C1. The number of aliphatic hydroxyl groups is 1. The van der Waals surface area contributed by atoms with Gasteiger partial charge < -0.3 is 10.0 Å². The van der Waals surface area contributed by atoms with Crippen LogP contribution < -0.4 is 4.90 Å². The van der Waals surface area contributed by atoms with Crippen molar-refractivity contribution < 1.29 is 18.3 Å². The van der Waals surface area contributed by atoms with E-state index >= 15 is 0 Å². The van der Waals surface area contributed by atoms with Crippen LogP contribution in [0.1, 0.15) is 44.2 Å². The van der Waals surface area contributed by atoms with E-state index < -0.39 is 18.0 Å². The van der Waals surface area contributed by atoms with Crippen molar-refractivity contribution in [3.63, 3.8) is 0 Å². The normalized spacial score (nSPS) is 27.4. The summed E-state index contributed by atoms with van der Waals surface area (Å²) in [5, 5.41) is 9.97. The summed E-state index contributed by atoms with van der Waals surface area (Å²) >= 11 is 0. The van der Waals surface area contributed by atoms with Gasteiger partial charge in [0.05, 0.1) is 6.10 Å². The van der Waals surface area contributed by atoms with Crippen LogP contribution in [-0.2, 0) is 6.18 Å². The first-order valence-corrected chi connectivity index (χ1v) is 7.80. The van der Waals surface area contributed by atoms with Crippen LogP contribution in [0.2, 0.25) is 0 Å². The van der Waals surface area contributed by atoms with Crippen LogP contribution in [0.5, 0.6) is 0 Å². The van der Waals surface area contributed by atoms with Gasteiger partial charge in [0.1, 0.15) is 5.69 Å². The molecule has 0 spiro atoms. The highest BCUT2D eigenvalue weighted by Crippen LogP contribution is 2.36. The van der Waals surface area contributed by atoms with Gasteiger partial charge in [0.15, 0.2) is 0 Å². The van der Waals surface area contributed by atoms with Gasteiger partial charge in [-0.3, -0.25) is 0 Å². The van der Waals surface area contributed by atoms with Gasteiger partial charge >= 0.3 is 6.18 Å². The number of aromatic nitrogens is 2. The third-order valence-electron chi connectivity index (χ3n) is 4.71. The van der Waals surface area contributed by atoms with Gasteiger partial charge in [-0.25, -0.2) is 9.97 Å². The van der Waals surface area contributed by atoms with Gasteiger partial charge in [0.2, 0.25) is 5.95 Å². The fourth-order valence-corrected chi connectivity index (χ4v) is 3.68. The lowest BCUT2D eigenvalue weighted by Gasteiger charge is -2.33. The first kappa shape index (κ1) is 15.5. The zero-order chi connectivity index (χ0) is 15.7. The Morgan fingerprint density at radius 3 is 2.59 bits per heavy atom. The Labute approximate surface area is 127 Å². The lowest BCUT2D eigenvalue weighted by atomic mass is 9.83. The average Bonchev–Trinajstić information content (AvgIpc) is 2.89. The van der Waals surface area contributed by atoms with Crippen molar-refractivity contribution in [2.24, 2.45) is 5.92 Å². The molecule has 4 nitrogen and oxygen atoms in total. The molecule has 2 heterocycles. The molecule has 1 aliphatic heterocycles. The Balaban J connectivity index is 1.85. The smallest absolute Gasteiger partial charge is 0.391 e. The summed E-state index contributed by atoms with van der Waals surface area (Å²) in [7, 11) is 0. The quantitative estimate of drug-likeness (QED) is 0.911. The second kappa shape index (κ2) is 6.02.